The highest BCUT2D eigenvalue weighted by Crippen LogP contribution is 2.48. The van der Waals surface area contributed by atoms with E-state index in [4.69, 9.17) is 4.74 Å². The van der Waals surface area contributed by atoms with Crippen molar-refractivity contribution in [2.45, 2.75) is 58.3 Å². The summed E-state index contributed by atoms with van der Waals surface area (Å²) in [7, 11) is 0. The molecular weight excluding hydrogens is 392 g/mol. The van der Waals surface area contributed by atoms with Gasteiger partial charge in [0.25, 0.3) is 0 Å². The number of fused-ring (bicyclic) bond motifs is 1. The number of benzene rings is 3. The van der Waals surface area contributed by atoms with Gasteiger partial charge in [-0.2, -0.15) is 0 Å². The Balaban J connectivity index is 2.04. The predicted octanol–water partition coefficient (Wildman–Crippen LogP) is 7.42. The van der Waals surface area contributed by atoms with Gasteiger partial charge < -0.3 is 4.74 Å². The fourth-order valence-corrected chi connectivity index (χ4v) is 4.28. The molecular formula is C30H32O2. The summed E-state index contributed by atoms with van der Waals surface area (Å²) in [6.07, 6.45) is 1.98. The van der Waals surface area contributed by atoms with E-state index in [9.17, 15) is 4.79 Å². The van der Waals surface area contributed by atoms with E-state index in [-0.39, 0.29) is 22.7 Å². The van der Waals surface area contributed by atoms with E-state index in [1.807, 2.05) is 54.6 Å². The van der Waals surface area contributed by atoms with Crippen LogP contribution in [0.15, 0.2) is 78.4 Å². The minimum Gasteiger partial charge on any atom is -0.422 e. The molecule has 0 saturated carbocycles. The Hall–Kier alpha value is -3.13. The highest BCUT2D eigenvalue weighted by Gasteiger charge is 2.38. The van der Waals surface area contributed by atoms with Gasteiger partial charge in [0.2, 0.25) is 0 Å². The third-order valence-corrected chi connectivity index (χ3v) is 6.10. The molecule has 0 saturated heterocycles. The first-order valence-corrected chi connectivity index (χ1v) is 11.3. The van der Waals surface area contributed by atoms with Gasteiger partial charge in [-0.15, -0.1) is 0 Å². The number of esters is 1. The van der Waals surface area contributed by atoms with E-state index in [1.165, 1.54) is 5.56 Å². The first-order valence-electron chi connectivity index (χ1n) is 11.3. The zero-order chi connectivity index (χ0) is 23.1. The molecule has 2 nitrogen and oxygen atoms in total. The lowest BCUT2D eigenvalue weighted by Gasteiger charge is -2.34. The van der Waals surface area contributed by atoms with E-state index in [0.717, 1.165) is 28.0 Å². The SMILES string of the molecule is CC(C)(C)c1cc2c(c(C(C)(C)C)c1)OC(=O)/C(=C\c1ccccc1)C2c1ccccc1. The molecule has 0 radical (unpaired) electrons. The van der Waals surface area contributed by atoms with Crippen LogP contribution in [0.1, 0.15) is 75.3 Å². The standard InChI is InChI=1S/C30H32O2/c1-29(2,3)22-18-23-26(21-15-11-8-12-16-21)24(17-20-13-9-7-10-14-20)28(31)32-27(23)25(19-22)30(4,5)6/h7-19,26H,1-6H3/b24-17-. The summed E-state index contributed by atoms with van der Waals surface area (Å²) in [6, 6.07) is 24.7. The van der Waals surface area contributed by atoms with Gasteiger partial charge in [-0.25, -0.2) is 4.79 Å². The Morgan fingerprint density at radius 1 is 0.781 bits per heavy atom. The molecule has 0 amide bonds. The van der Waals surface area contributed by atoms with Crippen molar-refractivity contribution in [2.75, 3.05) is 0 Å². The summed E-state index contributed by atoms with van der Waals surface area (Å²) in [5.74, 6) is 0.259. The zero-order valence-electron chi connectivity index (χ0n) is 19.9. The van der Waals surface area contributed by atoms with Crippen molar-refractivity contribution in [1.82, 2.24) is 0 Å². The van der Waals surface area contributed by atoms with Crippen LogP contribution < -0.4 is 4.74 Å². The summed E-state index contributed by atoms with van der Waals surface area (Å²) in [4.78, 5) is 13.4. The quantitative estimate of drug-likeness (QED) is 0.243. The van der Waals surface area contributed by atoms with Crippen molar-refractivity contribution in [3.63, 3.8) is 0 Å². The van der Waals surface area contributed by atoms with Crippen molar-refractivity contribution < 1.29 is 9.53 Å². The first-order chi connectivity index (χ1) is 15.1. The smallest absolute Gasteiger partial charge is 0.340 e. The van der Waals surface area contributed by atoms with Crippen molar-refractivity contribution in [3.05, 3.63) is 106 Å². The van der Waals surface area contributed by atoms with Crippen LogP contribution in [-0.4, -0.2) is 5.97 Å². The molecule has 1 aliphatic rings. The molecule has 0 aromatic heterocycles. The molecule has 0 aliphatic carbocycles. The average Bonchev–Trinajstić information content (AvgIpc) is 2.73. The maximum Gasteiger partial charge on any atom is 0.340 e. The number of carbonyl (C=O) groups excluding carboxylic acids is 1. The fraction of sp³-hybridized carbons (Fsp3) is 0.300. The van der Waals surface area contributed by atoms with E-state index >= 15 is 0 Å². The van der Waals surface area contributed by atoms with Crippen LogP contribution in [0.25, 0.3) is 6.08 Å². The molecule has 3 aromatic rings. The zero-order valence-corrected chi connectivity index (χ0v) is 19.9. The van der Waals surface area contributed by atoms with Gasteiger partial charge in [0.15, 0.2) is 0 Å². The Labute approximate surface area is 192 Å². The molecule has 2 heteroatoms. The van der Waals surface area contributed by atoms with Gasteiger partial charge in [0.05, 0.1) is 5.57 Å². The van der Waals surface area contributed by atoms with Crippen LogP contribution in [0.5, 0.6) is 5.75 Å². The van der Waals surface area contributed by atoms with Crippen LogP contribution >= 0.6 is 0 Å². The van der Waals surface area contributed by atoms with Crippen molar-refractivity contribution >= 4 is 12.0 Å². The van der Waals surface area contributed by atoms with Crippen LogP contribution in [0, 0.1) is 0 Å². The third-order valence-electron chi connectivity index (χ3n) is 6.10. The van der Waals surface area contributed by atoms with E-state index in [0.29, 0.717) is 5.57 Å². The van der Waals surface area contributed by atoms with Crippen molar-refractivity contribution in [1.29, 1.82) is 0 Å². The Kier molecular flexibility index (Phi) is 5.58. The molecule has 0 spiro atoms. The molecule has 1 atom stereocenters. The largest absolute Gasteiger partial charge is 0.422 e. The summed E-state index contributed by atoms with van der Waals surface area (Å²) in [5, 5.41) is 0. The van der Waals surface area contributed by atoms with E-state index in [1.54, 1.807) is 0 Å². The second-order valence-corrected chi connectivity index (χ2v) is 10.7. The lowest BCUT2D eigenvalue weighted by molar-refractivity contribution is -0.131. The molecule has 1 aliphatic heterocycles. The second-order valence-electron chi connectivity index (χ2n) is 10.7. The molecule has 0 N–H and O–H groups in total. The third kappa shape index (κ3) is 4.27. The van der Waals surface area contributed by atoms with E-state index in [2.05, 4.69) is 65.8 Å². The molecule has 0 fully saturated rings. The Bertz CT molecular complexity index is 1160. The normalized spacial score (nSPS) is 17.8. The number of carbonyl (C=O) groups is 1. The van der Waals surface area contributed by atoms with Gasteiger partial charge >= 0.3 is 5.97 Å². The van der Waals surface area contributed by atoms with Gasteiger partial charge in [-0.3, -0.25) is 0 Å². The van der Waals surface area contributed by atoms with Crippen molar-refractivity contribution in [2.24, 2.45) is 0 Å². The number of hydrogen-bond acceptors (Lipinski definition) is 2. The van der Waals surface area contributed by atoms with Crippen LogP contribution in [0.2, 0.25) is 0 Å². The molecule has 0 bridgehead atoms. The summed E-state index contributed by atoms with van der Waals surface area (Å²) in [5.41, 5.74) is 5.96. The molecule has 32 heavy (non-hydrogen) atoms. The Morgan fingerprint density at radius 2 is 1.38 bits per heavy atom. The monoisotopic (exact) mass is 424 g/mol. The van der Waals surface area contributed by atoms with E-state index < -0.39 is 0 Å². The summed E-state index contributed by atoms with van der Waals surface area (Å²) in [6.45, 7) is 13.2. The minimum atomic E-state index is -0.274. The van der Waals surface area contributed by atoms with Gasteiger partial charge in [-0.1, -0.05) is 114 Å². The van der Waals surface area contributed by atoms with Gasteiger partial charge in [0.1, 0.15) is 5.75 Å². The van der Waals surface area contributed by atoms with Gasteiger partial charge in [-0.05, 0) is 33.6 Å². The maximum absolute atomic E-state index is 13.4. The summed E-state index contributed by atoms with van der Waals surface area (Å²) >= 11 is 0. The Morgan fingerprint density at radius 3 is 1.94 bits per heavy atom. The molecule has 1 heterocycles. The fourth-order valence-electron chi connectivity index (χ4n) is 4.28. The first kappa shape index (κ1) is 22.1. The van der Waals surface area contributed by atoms with Crippen LogP contribution in [-0.2, 0) is 15.6 Å². The topological polar surface area (TPSA) is 26.3 Å². The number of ether oxygens (including phenoxy) is 1. The highest BCUT2D eigenvalue weighted by molar-refractivity contribution is 6.00. The van der Waals surface area contributed by atoms with Gasteiger partial charge in [0, 0.05) is 17.0 Å². The lowest BCUT2D eigenvalue weighted by atomic mass is 9.74. The molecule has 1 unspecified atom stereocenters. The summed E-state index contributed by atoms with van der Waals surface area (Å²) < 4.78 is 6.09. The highest BCUT2D eigenvalue weighted by atomic mass is 16.5. The molecule has 3 aromatic carbocycles. The maximum atomic E-state index is 13.4. The number of hydrogen-bond donors (Lipinski definition) is 0. The molecule has 164 valence electrons. The minimum absolute atomic E-state index is 0.0268. The average molecular weight is 425 g/mol. The van der Waals surface area contributed by atoms with Crippen LogP contribution in [0.4, 0.5) is 0 Å². The predicted molar refractivity (Wildman–Crippen MR) is 132 cm³/mol. The lowest BCUT2D eigenvalue weighted by Crippen LogP contribution is -2.28. The van der Waals surface area contributed by atoms with Crippen LogP contribution in [0.3, 0.4) is 0 Å². The second kappa shape index (κ2) is 8.09. The number of rotatable bonds is 2. The van der Waals surface area contributed by atoms with Crippen molar-refractivity contribution in [3.8, 4) is 5.75 Å². The molecule has 4 rings (SSSR count).